The minimum absolute atomic E-state index is 0.339. The Morgan fingerprint density at radius 2 is 1.95 bits per heavy atom. The lowest BCUT2D eigenvalue weighted by molar-refractivity contribution is 0.457. The Balaban J connectivity index is 2.01. The first kappa shape index (κ1) is 12.9. The van der Waals surface area contributed by atoms with E-state index in [0.29, 0.717) is 22.7 Å². The van der Waals surface area contributed by atoms with Crippen LogP contribution in [0.5, 0.6) is 0 Å². The van der Waals surface area contributed by atoms with Gasteiger partial charge in [-0.1, -0.05) is 27.7 Å². The van der Waals surface area contributed by atoms with Crippen molar-refractivity contribution in [3.8, 4) is 0 Å². The maximum absolute atomic E-state index is 6.05. The van der Waals surface area contributed by atoms with E-state index in [4.69, 9.17) is 5.73 Å². The smallest absolute Gasteiger partial charge is 0.202 e. The largest absolute Gasteiger partial charge is 0.369 e. The van der Waals surface area contributed by atoms with Crippen LogP contribution in [0.25, 0.3) is 11.2 Å². The zero-order valence-corrected chi connectivity index (χ0v) is 13.3. The SMILES string of the molecule is CC1(C)C(Cn2c(N)nc3cc(Br)cnc32)C1(C)C. The highest BCUT2D eigenvalue weighted by atomic mass is 79.9. The van der Waals surface area contributed by atoms with Gasteiger partial charge in [0, 0.05) is 17.2 Å². The van der Waals surface area contributed by atoms with Crippen molar-refractivity contribution in [2.24, 2.45) is 16.7 Å². The second kappa shape index (κ2) is 3.72. The fraction of sp³-hybridized carbons (Fsp3) is 0.571. The minimum Gasteiger partial charge on any atom is -0.369 e. The second-order valence-corrected chi connectivity index (χ2v) is 7.49. The van der Waals surface area contributed by atoms with Crippen LogP contribution in [-0.4, -0.2) is 14.5 Å². The maximum Gasteiger partial charge on any atom is 0.202 e. The van der Waals surface area contributed by atoms with Crippen molar-refractivity contribution >= 4 is 33.0 Å². The van der Waals surface area contributed by atoms with Crippen LogP contribution in [0.3, 0.4) is 0 Å². The van der Waals surface area contributed by atoms with Crippen molar-refractivity contribution in [1.29, 1.82) is 0 Å². The number of anilines is 1. The fourth-order valence-electron chi connectivity index (χ4n) is 3.16. The molecule has 0 atom stereocenters. The zero-order chi connectivity index (χ0) is 14.0. The average Bonchev–Trinajstić information content (AvgIpc) is 2.57. The van der Waals surface area contributed by atoms with Crippen LogP contribution in [0.1, 0.15) is 27.7 Å². The topological polar surface area (TPSA) is 56.7 Å². The van der Waals surface area contributed by atoms with Crippen LogP contribution in [0.15, 0.2) is 16.7 Å². The summed E-state index contributed by atoms with van der Waals surface area (Å²) in [5.41, 5.74) is 8.45. The van der Waals surface area contributed by atoms with E-state index < -0.39 is 0 Å². The van der Waals surface area contributed by atoms with Crippen LogP contribution < -0.4 is 5.73 Å². The van der Waals surface area contributed by atoms with E-state index >= 15 is 0 Å². The number of fused-ring (bicyclic) bond motifs is 1. The molecule has 0 radical (unpaired) electrons. The van der Waals surface area contributed by atoms with Crippen LogP contribution in [0, 0.1) is 16.7 Å². The lowest BCUT2D eigenvalue weighted by atomic mass is 10.0. The summed E-state index contributed by atoms with van der Waals surface area (Å²) in [5, 5.41) is 0. The fourth-order valence-corrected chi connectivity index (χ4v) is 3.48. The number of nitrogens with two attached hydrogens (primary N) is 1. The van der Waals surface area contributed by atoms with Gasteiger partial charge in [-0.2, -0.15) is 0 Å². The minimum atomic E-state index is 0.339. The van der Waals surface area contributed by atoms with Crippen molar-refractivity contribution in [2.75, 3.05) is 5.73 Å². The molecule has 3 rings (SSSR count). The Bertz CT molecular complexity index is 643. The standard InChI is InChI=1S/C14H19BrN4/c1-13(2)10(14(13,3)4)7-19-11-9(18-12(19)16)5-8(15)6-17-11/h5-6,10H,7H2,1-4H3,(H2,16,18). The first-order chi connectivity index (χ1) is 8.75. The van der Waals surface area contributed by atoms with Crippen molar-refractivity contribution in [3.63, 3.8) is 0 Å². The molecule has 0 spiro atoms. The van der Waals surface area contributed by atoms with E-state index in [1.165, 1.54) is 0 Å². The van der Waals surface area contributed by atoms with E-state index in [9.17, 15) is 0 Å². The quantitative estimate of drug-likeness (QED) is 0.921. The summed E-state index contributed by atoms with van der Waals surface area (Å²) < 4.78 is 2.97. The lowest BCUT2D eigenvalue weighted by Crippen LogP contribution is -2.08. The highest BCUT2D eigenvalue weighted by molar-refractivity contribution is 9.10. The maximum atomic E-state index is 6.05. The van der Waals surface area contributed by atoms with Gasteiger partial charge in [0.25, 0.3) is 0 Å². The summed E-state index contributed by atoms with van der Waals surface area (Å²) in [6, 6.07) is 1.96. The number of aromatic nitrogens is 3. The van der Waals surface area contributed by atoms with Gasteiger partial charge in [0.1, 0.15) is 5.52 Å². The number of hydrogen-bond acceptors (Lipinski definition) is 3. The molecule has 19 heavy (non-hydrogen) atoms. The molecule has 2 aromatic rings. The summed E-state index contributed by atoms with van der Waals surface area (Å²) in [6.07, 6.45) is 1.79. The number of rotatable bonds is 2. The number of nitrogens with zero attached hydrogens (tertiary/aromatic N) is 3. The van der Waals surface area contributed by atoms with E-state index in [2.05, 4.69) is 53.6 Å². The molecule has 5 heteroatoms. The van der Waals surface area contributed by atoms with Crippen LogP contribution in [0.4, 0.5) is 5.95 Å². The normalized spacial score (nSPS) is 20.9. The highest BCUT2D eigenvalue weighted by Crippen LogP contribution is 2.69. The van der Waals surface area contributed by atoms with Gasteiger partial charge in [-0.15, -0.1) is 0 Å². The van der Waals surface area contributed by atoms with Gasteiger partial charge in [0.05, 0.1) is 0 Å². The molecular formula is C14H19BrN4. The Morgan fingerprint density at radius 3 is 2.53 bits per heavy atom. The number of imidazole rings is 1. The van der Waals surface area contributed by atoms with E-state index in [1.54, 1.807) is 6.20 Å². The molecule has 2 heterocycles. The summed E-state index contributed by atoms with van der Waals surface area (Å²) >= 11 is 3.41. The number of nitrogen functional groups attached to an aromatic ring is 1. The predicted molar refractivity (Wildman–Crippen MR) is 80.7 cm³/mol. The van der Waals surface area contributed by atoms with Gasteiger partial charge in [-0.05, 0) is 38.7 Å². The first-order valence-corrected chi connectivity index (χ1v) is 7.31. The van der Waals surface area contributed by atoms with Gasteiger partial charge < -0.3 is 5.73 Å². The average molecular weight is 323 g/mol. The second-order valence-electron chi connectivity index (χ2n) is 6.57. The van der Waals surface area contributed by atoms with Gasteiger partial charge in [-0.3, -0.25) is 4.57 Å². The van der Waals surface area contributed by atoms with Gasteiger partial charge in [0.15, 0.2) is 5.65 Å². The third-order valence-corrected chi connectivity index (χ3v) is 5.70. The summed E-state index contributed by atoms with van der Waals surface area (Å²) in [5.74, 6) is 1.16. The molecule has 0 aliphatic heterocycles. The van der Waals surface area contributed by atoms with Crippen LogP contribution in [0.2, 0.25) is 0 Å². The zero-order valence-electron chi connectivity index (χ0n) is 11.7. The van der Waals surface area contributed by atoms with E-state index in [1.807, 2.05) is 10.6 Å². The van der Waals surface area contributed by atoms with Crippen molar-refractivity contribution in [2.45, 2.75) is 34.2 Å². The Labute approximate surface area is 121 Å². The third-order valence-electron chi connectivity index (χ3n) is 5.27. The molecule has 0 aromatic carbocycles. The van der Waals surface area contributed by atoms with E-state index in [-0.39, 0.29) is 0 Å². The van der Waals surface area contributed by atoms with E-state index in [0.717, 1.165) is 22.2 Å². The van der Waals surface area contributed by atoms with Gasteiger partial charge in [0.2, 0.25) is 5.95 Å². The molecular weight excluding hydrogens is 304 g/mol. The molecule has 102 valence electrons. The lowest BCUT2D eigenvalue weighted by Gasteiger charge is -2.07. The molecule has 2 aromatic heterocycles. The summed E-state index contributed by atoms with van der Waals surface area (Å²) in [6.45, 7) is 10.2. The molecule has 2 N–H and O–H groups in total. The highest BCUT2D eigenvalue weighted by Gasteiger charge is 2.64. The predicted octanol–water partition coefficient (Wildman–Crippen LogP) is 3.46. The Kier molecular flexibility index (Phi) is 2.53. The molecule has 4 nitrogen and oxygen atoms in total. The summed E-state index contributed by atoms with van der Waals surface area (Å²) in [4.78, 5) is 8.85. The number of hydrogen-bond donors (Lipinski definition) is 1. The van der Waals surface area contributed by atoms with Crippen LogP contribution in [-0.2, 0) is 6.54 Å². The molecule has 1 aliphatic carbocycles. The molecule has 0 saturated heterocycles. The number of halogens is 1. The Morgan fingerprint density at radius 1 is 1.32 bits per heavy atom. The van der Waals surface area contributed by atoms with Gasteiger partial charge in [-0.25, -0.2) is 9.97 Å². The molecule has 1 saturated carbocycles. The van der Waals surface area contributed by atoms with Crippen LogP contribution >= 0.6 is 15.9 Å². The molecule has 0 bridgehead atoms. The van der Waals surface area contributed by atoms with Crippen molar-refractivity contribution < 1.29 is 0 Å². The summed E-state index contributed by atoms with van der Waals surface area (Å²) in [7, 11) is 0. The Hall–Kier alpha value is -1.10. The molecule has 0 unspecified atom stereocenters. The molecule has 0 amide bonds. The molecule has 1 fully saturated rings. The number of pyridine rings is 1. The first-order valence-electron chi connectivity index (χ1n) is 6.52. The van der Waals surface area contributed by atoms with Gasteiger partial charge >= 0.3 is 0 Å². The van der Waals surface area contributed by atoms with Crippen molar-refractivity contribution in [1.82, 2.24) is 14.5 Å². The molecule has 1 aliphatic rings. The monoisotopic (exact) mass is 322 g/mol. The third kappa shape index (κ3) is 1.71. The van der Waals surface area contributed by atoms with Crippen molar-refractivity contribution in [3.05, 3.63) is 16.7 Å².